The van der Waals surface area contributed by atoms with Crippen LogP contribution < -0.4 is 10.5 Å². The van der Waals surface area contributed by atoms with Crippen molar-refractivity contribution in [3.05, 3.63) is 29.3 Å². The van der Waals surface area contributed by atoms with E-state index in [0.717, 1.165) is 12.1 Å². The van der Waals surface area contributed by atoms with Gasteiger partial charge in [-0.1, -0.05) is 0 Å². The molecule has 0 radical (unpaired) electrons. The predicted molar refractivity (Wildman–Crippen MR) is 51.5 cm³/mol. The molecule has 0 saturated heterocycles. The van der Waals surface area contributed by atoms with Crippen molar-refractivity contribution in [3.63, 3.8) is 0 Å². The van der Waals surface area contributed by atoms with Crippen molar-refractivity contribution in [2.45, 2.75) is 12.5 Å². The summed E-state index contributed by atoms with van der Waals surface area (Å²) in [5.41, 5.74) is 4.01. The van der Waals surface area contributed by atoms with Gasteiger partial charge in [0.25, 0.3) is 0 Å². The van der Waals surface area contributed by atoms with Gasteiger partial charge in [-0.05, 0) is 13.0 Å². The molecule has 0 bridgehead atoms. The van der Waals surface area contributed by atoms with Gasteiger partial charge in [-0.15, -0.1) is 0 Å². The van der Waals surface area contributed by atoms with Crippen molar-refractivity contribution in [1.29, 1.82) is 0 Å². The second-order valence-electron chi connectivity index (χ2n) is 3.44. The normalized spacial score (nSPS) is 14.8. The third-order valence-electron chi connectivity index (χ3n) is 2.22. The van der Waals surface area contributed by atoms with E-state index in [2.05, 4.69) is 0 Å². The van der Waals surface area contributed by atoms with Crippen LogP contribution in [0.2, 0.25) is 0 Å². The van der Waals surface area contributed by atoms with Crippen LogP contribution in [0.4, 0.5) is 8.78 Å². The zero-order chi connectivity index (χ0) is 11.6. The fraction of sp³-hybridized carbons (Fsp3) is 0.400. The highest BCUT2D eigenvalue weighted by Crippen LogP contribution is 2.31. The van der Waals surface area contributed by atoms with Crippen LogP contribution >= 0.6 is 0 Å². The first-order chi connectivity index (χ1) is 6.92. The third kappa shape index (κ3) is 2.24. The Morgan fingerprint density at radius 2 is 1.93 bits per heavy atom. The minimum atomic E-state index is -1.44. The summed E-state index contributed by atoms with van der Waals surface area (Å²) in [6.07, 6.45) is 0. The second kappa shape index (κ2) is 4.12. The molecule has 1 rings (SSSR count). The number of aliphatic hydroxyl groups is 1. The van der Waals surface area contributed by atoms with Gasteiger partial charge in [0.05, 0.1) is 7.11 Å². The van der Waals surface area contributed by atoms with Gasteiger partial charge < -0.3 is 15.6 Å². The summed E-state index contributed by atoms with van der Waals surface area (Å²) in [6, 6.07) is 1.77. The largest absolute Gasteiger partial charge is 0.496 e. The van der Waals surface area contributed by atoms with Crippen molar-refractivity contribution >= 4 is 0 Å². The van der Waals surface area contributed by atoms with Crippen LogP contribution in [0, 0.1) is 11.6 Å². The van der Waals surface area contributed by atoms with Crippen LogP contribution in [-0.4, -0.2) is 18.8 Å². The third-order valence-corrected chi connectivity index (χ3v) is 2.22. The summed E-state index contributed by atoms with van der Waals surface area (Å²) >= 11 is 0. The zero-order valence-corrected chi connectivity index (χ0v) is 8.55. The van der Waals surface area contributed by atoms with Gasteiger partial charge in [0.2, 0.25) is 0 Å². The number of hydrogen-bond acceptors (Lipinski definition) is 3. The highest BCUT2D eigenvalue weighted by molar-refractivity contribution is 5.39. The van der Waals surface area contributed by atoms with Gasteiger partial charge in [0, 0.05) is 18.2 Å². The molecule has 15 heavy (non-hydrogen) atoms. The van der Waals surface area contributed by atoms with E-state index in [1.807, 2.05) is 0 Å². The highest BCUT2D eigenvalue weighted by atomic mass is 19.2. The van der Waals surface area contributed by atoms with Gasteiger partial charge in [0.15, 0.2) is 11.6 Å². The van der Waals surface area contributed by atoms with Crippen LogP contribution in [0.5, 0.6) is 5.75 Å². The van der Waals surface area contributed by atoms with Crippen molar-refractivity contribution in [3.8, 4) is 5.75 Å². The Morgan fingerprint density at radius 1 is 1.40 bits per heavy atom. The maximum atomic E-state index is 13.0. The van der Waals surface area contributed by atoms with Crippen molar-refractivity contribution < 1.29 is 18.6 Å². The summed E-state index contributed by atoms with van der Waals surface area (Å²) in [5.74, 6) is -1.99. The first kappa shape index (κ1) is 11.9. The van der Waals surface area contributed by atoms with E-state index in [-0.39, 0.29) is 17.9 Å². The quantitative estimate of drug-likeness (QED) is 0.798. The molecular weight excluding hydrogens is 204 g/mol. The SMILES string of the molecule is COc1cc(F)c(F)cc1C(C)(O)CN. The van der Waals surface area contributed by atoms with Gasteiger partial charge in [-0.2, -0.15) is 0 Å². The van der Waals surface area contributed by atoms with E-state index in [1.165, 1.54) is 14.0 Å². The monoisotopic (exact) mass is 217 g/mol. The maximum absolute atomic E-state index is 13.0. The fourth-order valence-corrected chi connectivity index (χ4v) is 1.23. The van der Waals surface area contributed by atoms with Crippen molar-refractivity contribution in [1.82, 2.24) is 0 Å². The molecule has 1 aromatic rings. The second-order valence-corrected chi connectivity index (χ2v) is 3.44. The number of halogens is 2. The number of ether oxygens (including phenoxy) is 1. The smallest absolute Gasteiger partial charge is 0.162 e. The zero-order valence-electron chi connectivity index (χ0n) is 8.55. The Kier molecular flexibility index (Phi) is 3.26. The number of hydrogen-bond donors (Lipinski definition) is 2. The van der Waals surface area contributed by atoms with Gasteiger partial charge >= 0.3 is 0 Å². The highest BCUT2D eigenvalue weighted by Gasteiger charge is 2.27. The molecule has 0 amide bonds. The van der Waals surface area contributed by atoms with Gasteiger partial charge in [-0.25, -0.2) is 8.78 Å². The molecule has 3 nitrogen and oxygen atoms in total. The Labute approximate surface area is 86.5 Å². The van der Waals surface area contributed by atoms with Crippen molar-refractivity contribution in [2.75, 3.05) is 13.7 Å². The van der Waals surface area contributed by atoms with E-state index in [4.69, 9.17) is 10.5 Å². The Morgan fingerprint density at radius 3 is 2.40 bits per heavy atom. The molecule has 0 heterocycles. The van der Waals surface area contributed by atoms with Gasteiger partial charge in [0.1, 0.15) is 11.4 Å². The minimum absolute atomic E-state index is 0.0735. The Hall–Kier alpha value is -1.20. The number of nitrogens with two attached hydrogens (primary N) is 1. The predicted octanol–water partition coefficient (Wildman–Crippen LogP) is 1.14. The van der Waals surface area contributed by atoms with Crippen LogP contribution in [0.3, 0.4) is 0 Å². The first-order valence-corrected chi connectivity index (χ1v) is 4.38. The van der Waals surface area contributed by atoms with E-state index >= 15 is 0 Å². The molecule has 0 aromatic heterocycles. The van der Waals surface area contributed by atoms with Crippen LogP contribution in [0.25, 0.3) is 0 Å². The van der Waals surface area contributed by atoms with Gasteiger partial charge in [-0.3, -0.25) is 0 Å². The van der Waals surface area contributed by atoms with Crippen molar-refractivity contribution in [2.24, 2.45) is 5.73 Å². The molecule has 0 aliphatic heterocycles. The molecule has 1 aromatic carbocycles. The molecule has 1 atom stereocenters. The molecule has 0 aliphatic carbocycles. The van der Waals surface area contributed by atoms with E-state index < -0.39 is 17.2 Å². The topological polar surface area (TPSA) is 55.5 Å². The molecular formula is C10H13F2NO2. The lowest BCUT2D eigenvalue weighted by atomic mass is 9.95. The molecule has 0 saturated carbocycles. The van der Waals surface area contributed by atoms with E-state index in [9.17, 15) is 13.9 Å². The summed E-state index contributed by atoms with van der Waals surface area (Å²) in [7, 11) is 1.31. The lowest BCUT2D eigenvalue weighted by molar-refractivity contribution is 0.0635. The molecule has 1 unspecified atom stereocenters. The average Bonchev–Trinajstić information content (AvgIpc) is 2.21. The fourth-order valence-electron chi connectivity index (χ4n) is 1.23. The lowest BCUT2D eigenvalue weighted by Gasteiger charge is -2.23. The number of methoxy groups -OCH3 is 1. The Balaban J connectivity index is 3.34. The standard InChI is InChI=1S/C10H13F2NO2/c1-10(14,5-13)6-3-7(11)8(12)4-9(6)15-2/h3-4,14H,5,13H2,1-2H3. The molecule has 5 heteroatoms. The molecule has 84 valence electrons. The summed E-state index contributed by atoms with van der Waals surface area (Å²) in [6.45, 7) is 1.29. The molecule has 0 fully saturated rings. The summed E-state index contributed by atoms with van der Waals surface area (Å²) < 4.78 is 30.7. The maximum Gasteiger partial charge on any atom is 0.162 e. The molecule has 0 aliphatic rings. The molecule has 0 spiro atoms. The average molecular weight is 217 g/mol. The van der Waals surface area contributed by atoms with E-state index in [0.29, 0.717) is 0 Å². The minimum Gasteiger partial charge on any atom is -0.496 e. The molecule has 3 N–H and O–H groups in total. The van der Waals surface area contributed by atoms with E-state index in [1.54, 1.807) is 0 Å². The summed E-state index contributed by atoms with van der Waals surface area (Å²) in [4.78, 5) is 0. The Bertz CT molecular complexity index is 367. The van der Waals surface area contributed by atoms with Crippen LogP contribution in [0.15, 0.2) is 12.1 Å². The lowest BCUT2D eigenvalue weighted by Crippen LogP contribution is -2.32. The summed E-state index contributed by atoms with van der Waals surface area (Å²) in [5, 5.41) is 9.83. The van der Waals surface area contributed by atoms with Crippen LogP contribution in [-0.2, 0) is 5.60 Å². The van der Waals surface area contributed by atoms with Crippen LogP contribution in [0.1, 0.15) is 12.5 Å². The number of rotatable bonds is 3. The first-order valence-electron chi connectivity index (χ1n) is 4.38. The number of benzene rings is 1.